The molecule has 2 amide bonds. The Hall–Kier alpha value is -2.13. The van der Waals surface area contributed by atoms with E-state index in [1.165, 1.54) is 9.21 Å². The van der Waals surface area contributed by atoms with Crippen LogP contribution in [0.4, 0.5) is 11.4 Å². The maximum absolute atomic E-state index is 13.2. The molecule has 1 atom stereocenters. The number of likely N-dealkylation sites (N-methyl/N-ethyl adjacent to an activating group) is 1. The molecule has 8 nitrogen and oxygen atoms in total. The topological polar surface area (TPSA) is 90.0 Å². The third-order valence-corrected chi connectivity index (χ3v) is 7.67. The van der Waals surface area contributed by atoms with Crippen LogP contribution >= 0.6 is 0 Å². The minimum Gasteiger partial charge on any atom is -0.358 e. The molecule has 0 unspecified atom stereocenters. The van der Waals surface area contributed by atoms with Gasteiger partial charge >= 0.3 is 0 Å². The van der Waals surface area contributed by atoms with Crippen molar-refractivity contribution < 1.29 is 18.0 Å². The predicted octanol–water partition coefficient (Wildman–Crippen LogP) is 1.56. The van der Waals surface area contributed by atoms with E-state index in [2.05, 4.69) is 10.2 Å². The van der Waals surface area contributed by atoms with Gasteiger partial charge in [0.1, 0.15) is 12.6 Å². The summed E-state index contributed by atoms with van der Waals surface area (Å²) in [4.78, 5) is 29.1. The Kier molecular flexibility index (Phi) is 6.48. The van der Waals surface area contributed by atoms with Gasteiger partial charge in [0.05, 0.1) is 16.3 Å². The molecule has 29 heavy (non-hydrogen) atoms. The van der Waals surface area contributed by atoms with Crippen LogP contribution in [0.3, 0.4) is 0 Å². The number of sulfonamides is 1. The first-order chi connectivity index (χ1) is 13.8. The van der Waals surface area contributed by atoms with Crippen LogP contribution in [0, 0.1) is 0 Å². The van der Waals surface area contributed by atoms with E-state index in [1.807, 2.05) is 6.92 Å². The first-order valence-corrected chi connectivity index (χ1v) is 11.8. The molecule has 0 bridgehead atoms. The number of hydrogen-bond donors (Lipinski definition) is 1. The largest absolute Gasteiger partial charge is 0.358 e. The average Bonchev–Trinajstić information content (AvgIpc) is 2.71. The summed E-state index contributed by atoms with van der Waals surface area (Å²) in [6, 6.07) is 4.64. The third kappa shape index (κ3) is 3.98. The van der Waals surface area contributed by atoms with Gasteiger partial charge in [0.25, 0.3) is 0 Å². The minimum absolute atomic E-state index is 0.112. The van der Waals surface area contributed by atoms with Gasteiger partial charge in [-0.15, -0.1) is 0 Å². The molecule has 0 aromatic heterocycles. The fourth-order valence-electron chi connectivity index (χ4n) is 4.17. The number of nitrogens with one attached hydrogen (secondary N) is 1. The number of carbonyl (C=O) groups is 2. The molecule has 2 aliphatic rings. The average molecular weight is 423 g/mol. The van der Waals surface area contributed by atoms with E-state index in [-0.39, 0.29) is 29.3 Å². The zero-order valence-corrected chi connectivity index (χ0v) is 18.2. The number of amides is 2. The van der Waals surface area contributed by atoms with Gasteiger partial charge in [-0.05, 0) is 44.4 Å². The summed E-state index contributed by atoms with van der Waals surface area (Å²) < 4.78 is 27.4. The first kappa shape index (κ1) is 21.6. The fourth-order valence-corrected chi connectivity index (χ4v) is 5.65. The highest BCUT2D eigenvalue weighted by atomic mass is 32.2. The van der Waals surface area contributed by atoms with Gasteiger partial charge in [-0.2, -0.15) is 4.31 Å². The fraction of sp³-hybridized carbons (Fsp3) is 0.600. The number of anilines is 2. The van der Waals surface area contributed by atoms with Crippen LogP contribution < -0.4 is 15.1 Å². The molecule has 1 aromatic rings. The van der Waals surface area contributed by atoms with Crippen LogP contribution in [-0.2, 0) is 19.6 Å². The van der Waals surface area contributed by atoms with Crippen LogP contribution in [0.5, 0.6) is 0 Å². The van der Waals surface area contributed by atoms with Gasteiger partial charge in [-0.3, -0.25) is 14.5 Å². The van der Waals surface area contributed by atoms with Crippen LogP contribution in [0.25, 0.3) is 0 Å². The van der Waals surface area contributed by atoms with Crippen molar-refractivity contribution in [2.75, 3.05) is 42.5 Å². The highest BCUT2D eigenvalue weighted by Crippen LogP contribution is 2.40. The van der Waals surface area contributed by atoms with Crippen LogP contribution in [0.1, 0.15) is 40.0 Å². The summed E-state index contributed by atoms with van der Waals surface area (Å²) in [6.45, 7) is 7.25. The molecule has 9 heteroatoms. The molecular weight excluding hydrogens is 392 g/mol. The molecule has 1 saturated heterocycles. The minimum atomic E-state index is -3.67. The molecular formula is C20H30N4O4S. The lowest BCUT2D eigenvalue weighted by molar-refractivity contribution is -0.124. The summed E-state index contributed by atoms with van der Waals surface area (Å²) in [7, 11) is -3.67. The van der Waals surface area contributed by atoms with Crippen molar-refractivity contribution in [2.45, 2.75) is 51.0 Å². The van der Waals surface area contributed by atoms with E-state index in [1.54, 1.807) is 32.0 Å². The third-order valence-electron chi connectivity index (χ3n) is 5.62. The molecule has 0 saturated carbocycles. The van der Waals surface area contributed by atoms with Crippen molar-refractivity contribution >= 4 is 33.2 Å². The van der Waals surface area contributed by atoms with Gasteiger partial charge in [-0.1, -0.05) is 13.8 Å². The zero-order chi connectivity index (χ0) is 21.2. The lowest BCUT2D eigenvalue weighted by Crippen LogP contribution is -2.57. The summed E-state index contributed by atoms with van der Waals surface area (Å²) in [6.07, 6.45) is 2.69. The van der Waals surface area contributed by atoms with E-state index in [4.69, 9.17) is 0 Å². The van der Waals surface area contributed by atoms with Crippen LogP contribution in [0.15, 0.2) is 23.1 Å². The zero-order valence-electron chi connectivity index (χ0n) is 17.3. The lowest BCUT2D eigenvalue weighted by atomic mass is 9.96. The lowest BCUT2D eigenvalue weighted by Gasteiger charge is -2.45. The maximum Gasteiger partial charge on any atom is 0.250 e. The second-order valence-electron chi connectivity index (χ2n) is 7.32. The molecule has 0 spiro atoms. The summed E-state index contributed by atoms with van der Waals surface area (Å²) in [5.74, 6) is -0.395. The monoisotopic (exact) mass is 422 g/mol. The van der Waals surface area contributed by atoms with Crippen LogP contribution in [0.2, 0.25) is 0 Å². The second kappa shape index (κ2) is 8.71. The maximum atomic E-state index is 13.2. The normalized spacial score (nSPS) is 19.2. The van der Waals surface area contributed by atoms with Crippen molar-refractivity contribution in [2.24, 2.45) is 0 Å². The highest BCUT2D eigenvalue weighted by molar-refractivity contribution is 7.89. The van der Waals surface area contributed by atoms with E-state index in [0.717, 1.165) is 31.5 Å². The van der Waals surface area contributed by atoms with Gasteiger partial charge in [0, 0.05) is 26.2 Å². The van der Waals surface area contributed by atoms with Crippen LogP contribution in [-0.4, -0.2) is 63.3 Å². The van der Waals surface area contributed by atoms with Gasteiger partial charge in [0.15, 0.2) is 0 Å². The standard InChI is InChI=1S/C20H30N4O4S/c1-4-21-19(25)14-24-18-13-15(29(27,28)22(5-2)6-3)10-11-16(18)23-12-8-7-9-17(23)20(24)26/h10-11,13,17H,4-9,12,14H2,1-3H3,(H,21,25)/t17-/m1/s1. The summed E-state index contributed by atoms with van der Waals surface area (Å²) >= 11 is 0. The Morgan fingerprint density at radius 2 is 1.90 bits per heavy atom. The molecule has 3 rings (SSSR count). The van der Waals surface area contributed by atoms with E-state index < -0.39 is 10.0 Å². The Morgan fingerprint density at radius 1 is 1.17 bits per heavy atom. The SMILES string of the molecule is CCNC(=O)CN1C(=O)[C@H]2CCCCN2c2ccc(S(=O)(=O)N(CC)CC)cc21. The molecule has 0 aliphatic carbocycles. The summed E-state index contributed by atoms with van der Waals surface area (Å²) in [5.41, 5.74) is 1.31. The predicted molar refractivity (Wildman–Crippen MR) is 113 cm³/mol. The number of piperidine rings is 1. The number of carbonyl (C=O) groups excluding carboxylic acids is 2. The van der Waals surface area contributed by atoms with Crippen molar-refractivity contribution in [1.82, 2.24) is 9.62 Å². The quantitative estimate of drug-likeness (QED) is 0.720. The number of benzene rings is 1. The van der Waals surface area contributed by atoms with Gasteiger partial charge in [-0.25, -0.2) is 8.42 Å². The second-order valence-corrected chi connectivity index (χ2v) is 9.26. The highest BCUT2D eigenvalue weighted by Gasteiger charge is 2.40. The summed E-state index contributed by atoms with van der Waals surface area (Å²) in [5, 5.41) is 2.72. The molecule has 1 fully saturated rings. The number of nitrogens with zero attached hydrogens (tertiary/aromatic N) is 3. The van der Waals surface area contributed by atoms with E-state index in [9.17, 15) is 18.0 Å². The molecule has 1 N–H and O–H groups in total. The van der Waals surface area contributed by atoms with Gasteiger partial charge < -0.3 is 10.2 Å². The number of hydrogen-bond acceptors (Lipinski definition) is 5. The Bertz CT molecular complexity index is 882. The van der Waals surface area contributed by atoms with Crippen molar-refractivity contribution in [1.29, 1.82) is 0 Å². The van der Waals surface area contributed by atoms with E-state index >= 15 is 0 Å². The molecule has 160 valence electrons. The Morgan fingerprint density at radius 3 is 2.55 bits per heavy atom. The van der Waals surface area contributed by atoms with Crippen molar-refractivity contribution in [3.63, 3.8) is 0 Å². The Labute approximate surface area is 172 Å². The van der Waals surface area contributed by atoms with Crippen molar-refractivity contribution in [3.05, 3.63) is 18.2 Å². The van der Waals surface area contributed by atoms with Crippen molar-refractivity contribution in [3.8, 4) is 0 Å². The smallest absolute Gasteiger partial charge is 0.250 e. The number of fused-ring (bicyclic) bond motifs is 3. The van der Waals surface area contributed by atoms with Gasteiger partial charge in [0.2, 0.25) is 21.8 Å². The Balaban J connectivity index is 2.08. The first-order valence-electron chi connectivity index (χ1n) is 10.3. The molecule has 2 heterocycles. The number of rotatable bonds is 7. The molecule has 0 radical (unpaired) electrons. The molecule has 2 aliphatic heterocycles. The van der Waals surface area contributed by atoms with E-state index in [0.29, 0.717) is 25.3 Å². The molecule has 1 aromatic carbocycles.